The van der Waals surface area contributed by atoms with Crippen molar-refractivity contribution in [3.63, 3.8) is 0 Å². The van der Waals surface area contributed by atoms with Crippen LogP contribution in [0.3, 0.4) is 0 Å². The summed E-state index contributed by atoms with van der Waals surface area (Å²) in [5, 5.41) is 8.97. The number of rotatable bonds is 13. The lowest BCUT2D eigenvalue weighted by molar-refractivity contribution is 0.392. The molecule has 0 saturated carbocycles. The van der Waals surface area contributed by atoms with Gasteiger partial charge in [0.2, 0.25) is 0 Å². The van der Waals surface area contributed by atoms with E-state index in [1.165, 1.54) is 12.8 Å². The largest absolute Gasteiger partial charge is 0.506 e. The predicted octanol–water partition coefficient (Wildman–Crippen LogP) is 9.98. The van der Waals surface area contributed by atoms with Crippen LogP contribution < -0.4 is 0 Å². The number of halogens is 2. The molecule has 0 amide bonds. The summed E-state index contributed by atoms with van der Waals surface area (Å²) in [7, 11) is 0. The Kier molecular flexibility index (Phi) is 16.7. The van der Waals surface area contributed by atoms with Gasteiger partial charge in [-0.1, -0.05) is 111 Å². The molecule has 0 heterocycles. The standard InChI is InChI=1S/C26H34F2O.C3H8/c1-10-17(2)11-12-18(3)19(4)13-14-20(5)21(6)15-25(27)23(8)22(7)16-26(28)24(9)29;1-3-2/h13-18,29H,4-12H2,1-3H3;3H2,1-2H3/b14-13-,25-15+,26-16+;. The lowest BCUT2D eigenvalue weighted by Crippen LogP contribution is -2.00. The molecule has 178 valence electrons. The van der Waals surface area contributed by atoms with E-state index in [0.717, 1.165) is 30.6 Å². The van der Waals surface area contributed by atoms with E-state index in [9.17, 15) is 8.78 Å². The first kappa shape index (κ1) is 31.5. The molecule has 0 aromatic carbocycles. The summed E-state index contributed by atoms with van der Waals surface area (Å²) in [4.78, 5) is 0. The quantitative estimate of drug-likeness (QED) is 0.221. The zero-order chi connectivity index (χ0) is 25.4. The van der Waals surface area contributed by atoms with Crippen molar-refractivity contribution in [2.24, 2.45) is 11.8 Å². The Bertz CT molecular complexity index is 790. The lowest BCUT2D eigenvalue weighted by atomic mass is 9.91. The zero-order valence-corrected chi connectivity index (χ0v) is 20.7. The highest BCUT2D eigenvalue weighted by Crippen LogP contribution is 2.25. The summed E-state index contributed by atoms with van der Waals surface area (Å²) in [5.41, 5.74) is 1.71. The molecule has 0 radical (unpaired) electrons. The predicted molar refractivity (Wildman–Crippen MR) is 139 cm³/mol. The first-order valence-corrected chi connectivity index (χ1v) is 11.1. The van der Waals surface area contributed by atoms with Crippen molar-refractivity contribution >= 4 is 0 Å². The van der Waals surface area contributed by atoms with Crippen LogP contribution in [0, 0.1) is 11.8 Å². The summed E-state index contributed by atoms with van der Waals surface area (Å²) in [6.07, 6.45) is 10.3. The fraction of sp³-hybridized carbons (Fsp3) is 0.379. The highest BCUT2D eigenvalue weighted by molar-refractivity contribution is 5.53. The Morgan fingerprint density at radius 3 is 1.75 bits per heavy atom. The van der Waals surface area contributed by atoms with E-state index in [0.29, 0.717) is 23.0 Å². The van der Waals surface area contributed by atoms with Gasteiger partial charge in [-0.3, -0.25) is 0 Å². The molecule has 0 rings (SSSR count). The van der Waals surface area contributed by atoms with Gasteiger partial charge in [0.15, 0.2) is 5.83 Å². The Hall–Kier alpha value is -2.68. The Morgan fingerprint density at radius 2 is 1.28 bits per heavy atom. The fourth-order valence-corrected chi connectivity index (χ4v) is 2.21. The molecule has 32 heavy (non-hydrogen) atoms. The van der Waals surface area contributed by atoms with Crippen LogP contribution in [0.5, 0.6) is 0 Å². The number of aliphatic hydroxyl groups excluding tert-OH is 1. The van der Waals surface area contributed by atoms with Gasteiger partial charge < -0.3 is 5.11 Å². The van der Waals surface area contributed by atoms with E-state index in [4.69, 9.17) is 5.11 Å². The van der Waals surface area contributed by atoms with Crippen LogP contribution in [0.25, 0.3) is 0 Å². The van der Waals surface area contributed by atoms with Crippen molar-refractivity contribution in [1.29, 1.82) is 0 Å². The number of hydrogen-bond acceptors (Lipinski definition) is 1. The first-order valence-electron chi connectivity index (χ1n) is 11.1. The molecule has 2 atom stereocenters. The topological polar surface area (TPSA) is 20.2 Å². The average Bonchev–Trinajstić information content (AvgIpc) is 2.74. The van der Waals surface area contributed by atoms with Crippen molar-refractivity contribution in [2.45, 2.75) is 60.3 Å². The van der Waals surface area contributed by atoms with Crippen LogP contribution >= 0.6 is 0 Å². The summed E-state index contributed by atoms with van der Waals surface area (Å²) in [6.45, 7) is 32.8. The third-order valence-corrected chi connectivity index (χ3v) is 4.89. The maximum atomic E-state index is 14.4. The minimum atomic E-state index is -1.00. The number of hydrogen-bond donors (Lipinski definition) is 1. The molecule has 0 spiro atoms. The molecule has 1 N–H and O–H groups in total. The third kappa shape index (κ3) is 13.6. The second-order valence-corrected chi connectivity index (χ2v) is 8.09. The van der Waals surface area contributed by atoms with Gasteiger partial charge in [0.05, 0.1) is 0 Å². The third-order valence-electron chi connectivity index (χ3n) is 4.89. The molecule has 0 aromatic rings. The van der Waals surface area contributed by atoms with E-state index in [1.807, 2.05) is 6.08 Å². The molecule has 0 bridgehead atoms. The first-order chi connectivity index (χ1) is 14.8. The van der Waals surface area contributed by atoms with Crippen LogP contribution in [0.1, 0.15) is 60.3 Å². The van der Waals surface area contributed by atoms with Crippen molar-refractivity contribution in [3.05, 3.63) is 109 Å². The molecule has 0 aliphatic carbocycles. The van der Waals surface area contributed by atoms with E-state index in [-0.39, 0.29) is 11.1 Å². The Morgan fingerprint density at radius 1 is 0.781 bits per heavy atom. The zero-order valence-electron chi connectivity index (χ0n) is 20.7. The van der Waals surface area contributed by atoms with Crippen LogP contribution in [0.4, 0.5) is 8.78 Å². The molecular formula is C29H42F2O. The van der Waals surface area contributed by atoms with E-state index >= 15 is 0 Å². The maximum Gasteiger partial charge on any atom is 0.164 e. The molecule has 0 fully saturated rings. The molecule has 0 aliphatic rings. The van der Waals surface area contributed by atoms with Gasteiger partial charge >= 0.3 is 0 Å². The van der Waals surface area contributed by atoms with E-state index in [2.05, 4.69) is 74.1 Å². The molecule has 3 heteroatoms. The molecule has 0 aromatic heterocycles. The molecule has 0 saturated heterocycles. The van der Waals surface area contributed by atoms with Gasteiger partial charge in [0.1, 0.15) is 11.6 Å². The minimum absolute atomic E-state index is 0.0242. The summed E-state index contributed by atoms with van der Waals surface area (Å²) >= 11 is 0. The Balaban J connectivity index is 0. The van der Waals surface area contributed by atoms with Crippen molar-refractivity contribution in [3.8, 4) is 0 Å². The smallest absolute Gasteiger partial charge is 0.164 e. The SMILES string of the molecule is C=C(/C=C\C(=C)C(C)CCC(C)CC)C(=C)/C=C(/F)C(=C)C(=C)/C=C(/F)C(=C)O.CCC. The second-order valence-electron chi connectivity index (χ2n) is 8.09. The maximum absolute atomic E-state index is 14.4. The molecule has 1 nitrogen and oxygen atoms in total. The fourth-order valence-electron chi connectivity index (χ4n) is 2.21. The highest BCUT2D eigenvalue weighted by atomic mass is 19.1. The minimum Gasteiger partial charge on any atom is -0.506 e. The number of allylic oxidation sites excluding steroid dienone is 11. The van der Waals surface area contributed by atoms with Gasteiger partial charge in [-0.25, -0.2) is 8.78 Å². The highest BCUT2D eigenvalue weighted by Gasteiger charge is 2.09. The van der Waals surface area contributed by atoms with Crippen LogP contribution in [0.15, 0.2) is 109 Å². The van der Waals surface area contributed by atoms with Gasteiger partial charge in [-0.15, -0.1) is 0 Å². The van der Waals surface area contributed by atoms with E-state index < -0.39 is 17.4 Å². The number of aliphatic hydroxyl groups is 1. The average molecular weight is 445 g/mol. The molecular weight excluding hydrogens is 402 g/mol. The van der Waals surface area contributed by atoms with Crippen molar-refractivity contribution in [1.82, 2.24) is 0 Å². The van der Waals surface area contributed by atoms with Crippen molar-refractivity contribution < 1.29 is 13.9 Å². The molecule has 0 aliphatic heterocycles. The van der Waals surface area contributed by atoms with Crippen molar-refractivity contribution in [2.75, 3.05) is 0 Å². The van der Waals surface area contributed by atoms with Gasteiger partial charge in [0, 0.05) is 5.57 Å². The van der Waals surface area contributed by atoms with E-state index in [1.54, 1.807) is 6.08 Å². The van der Waals surface area contributed by atoms with Gasteiger partial charge in [-0.2, -0.15) is 0 Å². The normalized spacial score (nSPS) is 13.6. The summed E-state index contributed by atoms with van der Waals surface area (Å²) in [5.74, 6) is -1.44. The monoisotopic (exact) mass is 444 g/mol. The Labute approximate surface area is 195 Å². The molecule has 2 unspecified atom stereocenters. The van der Waals surface area contributed by atoms with Crippen LogP contribution in [0.2, 0.25) is 0 Å². The lowest BCUT2D eigenvalue weighted by Gasteiger charge is -2.14. The van der Waals surface area contributed by atoms with Gasteiger partial charge in [0.25, 0.3) is 0 Å². The second kappa shape index (κ2) is 16.9. The summed E-state index contributed by atoms with van der Waals surface area (Å²) in [6, 6.07) is 0. The van der Waals surface area contributed by atoms with Crippen LogP contribution in [-0.2, 0) is 0 Å². The summed E-state index contributed by atoms with van der Waals surface area (Å²) < 4.78 is 27.7. The van der Waals surface area contributed by atoms with Gasteiger partial charge in [-0.05, 0) is 47.1 Å². The van der Waals surface area contributed by atoms with Crippen LogP contribution in [-0.4, -0.2) is 5.11 Å².